The number of para-hydroxylation sites is 2. The van der Waals surface area contributed by atoms with E-state index in [1.807, 2.05) is 62.4 Å². The zero-order valence-electron chi connectivity index (χ0n) is 19.4. The fourth-order valence-electron chi connectivity index (χ4n) is 4.15. The number of ether oxygens (including phenoxy) is 1. The highest BCUT2D eigenvalue weighted by Crippen LogP contribution is 2.28. The maximum Gasteiger partial charge on any atom is 0.230 e. The number of hydrogen-bond acceptors (Lipinski definition) is 7. The molecule has 0 unspecified atom stereocenters. The van der Waals surface area contributed by atoms with Gasteiger partial charge in [0.25, 0.3) is 0 Å². The van der Waals surface area contributed by atoms with E-state index in [4.69, 9.17) is 19.2 Å². The summed E-state index contributed by atoms with van der Waals surface area (Å²) in [4.78, 5) is 24.6. The summed E-state index contributed by atoms with van der Waals surface area (Å²) in [7, 11) is 0. The Labute approximate surface area is 197 Å². The quantitative estimate of drug-likeness (QED) is 0.434. The molecule has 4 aromatic rings. The lowest BCUT2D eigenvalue weighted by molar-refractivity contribution is -0.115. The third kappa shape index (κ3) is 4.71. The maximum absolute atomic E-state index is 12.9. The van der Waals surface area contributed by atoms with Crippen molar-refractivity contribution in [2.45, 2.75) is 39.7 Å². The second-order valence-corrected chi connectivity index (χ2v) is 8.54. The minimum Gasteiger partial charge on any atom is -0.489 e. The molecular weight excluding hydrogens is 430 g/mol. The van der Waals surface area contributed by atoms with Crippen molar-refractivity contribution >= 4 is 28.6 Å². The van der Waals surface area contributed by atoms with Crippen LogP contribution in [0.4, 0.5) is 11.6 Å². The molecule has 0 radical (unpaired) electrons. The number of amides is 1. The summed E-state index contributed by atoms with van der Waals surface area (Å²) >= 11 is 0. The van der Waals surface area contributed by atoms with Gasteiger partial charge in [0.2, 0.25) is 5.91 Å². The number of carbonyl (C=O) groups excluding carboxylic acids is 1. The number of hydrogen-bond donors (Lipinski definition) is 1. The molecule has 1 fully saturated rings. The highest BCUT2D eigenvalue weighted by atomic mass is 16.5. The lowest BCUT2D eigenvalue weighted by Gasteiger charge is -2.20. The van der Waals surface area contributed by atoms with Crippen LogP contribution in [0.3, 0.4) is 0 Å². The molecule has 1 saturated heterocycles. The minimum atomic E-state index is -0.130. The maximum atomic E-state index is 12.9. The Morgan fingerprint density at radius 2 is 1.74 bits per heavy atom. The van der Waals surface area contributed by atoms with E-state index in [2.05, 4.69) is 15.4 Å². The Morgan fingerprint density at radius 1 is 1.03 bits per heavy atom. The lowest BCUT2D eigenvalue weighted by atomic mass is 10.1. The largest absolute Gasteiger partial charge is 0.489 e. The number of benzene rings is 2. The number of carbonyl (C=O) groups is 1. The van der Waals surface area contributed by atoms with Crippen molar-refractivity contribution in [3.63, 3.8) is 0 Å². The predicted molar refractivity (Wildman–Crippen MR) is 130 cm³/mol. The Bertz CT molecular complexity index is 1290. The molecule has 1 aliphatic rings. The normalized spacial score (nSPS) is 13.4. The Kier molecular flexibility index (Phi) is 6.12. The molecular formula is C26H27N5O3. The first-order valence-corrected chi connectivity index (χ1v) is 11.5. The van der Waals surface area contributed by atoms with E-state index in [1.54, 1.807) is 0 Å². The predicted octanol–water partition coefficient (Wildman–Crippen LogP) is 4.60. The van der Waals surface area contributed by atoms with Gasteiger partial charge in [-0.2, -0.15) is 0 Å². The number of aryl methyl sites for hydroxylation is 2. The summed E-state index contributed by atoms with van der Waals surface area (Å²) in [6, 6.07) is 15.3. The van der Waals surface area contributed by atoms with Crippen LogP contribution in [-0.4, -0.2) is 34.1 Å². The smallest absolute Gasteiger partial charge is 0.230 e. The molecule has 174 valence electrons. The van der Waals surface area contributed by atoms with E-state index in [9.17, 15) is 4.79 Å². The molecule has 0 aliphatic carbocycles. The van der Waals surface area contributed by atoms with E-state index in [1.165, 1.54) is 0 Å². The van der Waals surface area contributed by atoms with Gasteiger partial charge in [0.05, 0.1) is 28.7 Å². The van der Waals surface area contributed by atoms with E-state index >= 15 is 0 Å². The second kappa shape index (κ2) is 9.51. The Hall–Kier alpha value is -3.94. The van der Waals surface area contributed by atoms with Crippen molar-refractivity contribution in [1.29, 1.82) is 0 Å². The monoisotopic (exact) mass is 457 g/mol. The fraction of sp³-hybridized carbons (Fsp3) is 0.308. The summed E-state index contributed by atoms with van der Waals surface area (Å²) in [5.74, 6) is 2.61. The summed E-state index contributed by atoms with van der Waals surface area (Å²) in [5, 5.41) is 6.94. The number of rotatable bonds is 7. The van der Waals surface area contributed by atoms with Crippen LogP contribution in [0.15, 0.2) is 53.1 Å². The van der Waals surface area contributed by atoms with Gasteiger partial charge in [-0.25, -0.2) is 9.97 Å². The first-order chi connectivity index (χ1) is 16.6. The number of anilines is 2. The summed E-state index contributed by atoms with van der Waals surface area (Å²) in [6.07, 6.45) is 2.47. The van der Waals surface area contributed by atoms with Gasteiger partial charge in [-0.1, -0.05) is 29.4 Å². The number of aromatic nitrogens is 3. The standard InChI is InChI=1S/C26H27N5O3/c1-17-21(18(2)34-30-17)16-33-20-11-9-19(10-12-20)15-24(32)29-25-26(31-13-5-6-14-31)28-23-8-4-3-7-22(23)27-25/h3-4,7-12H,5-6,13-16H2,1-2H3,(H,27,29,32). The molecule has 5 rings (SSSR count). The molecule has 1 aliphatic heterocycles. The number of fused-ring (bicyclic) bond motifs is 1. The van der Waals surface area contributed by atoms with Crippen LogP contribution >= 0.6 is 0 Å². The highest BCUT2D eigenvalue weighted by Gasteiger charge is 2.21. The van der Waals surface area contributed by atoms with E-state index in [-0.39, 0.29) is 12.3 Å². The van der Waals surface area contributed by atoms with Crippen LogP contribution in [0.25, 0.3) is 11.0 Å². The third-order valence-corrected chi connectivity index (χ3v) is 6.07. The molecule has 2 aromatic carbocycles. The van der Waals surface area contributed by atoms with Gasteiger partial charge in [-0.15, -0.1) is 0 Å². The first-order valence-electron chi connectivity index (χ1n) is 11.5. The van der Waals surface area contributed by atoms with Gasteiger partial charge >= 0.3 is 0 Å². The van der Waals surface area contributed by atoms with Crippen molar-refractivity contribution in [3.05, 3.63) is 71.1 Å². The van der Waals surface area contributed by atoms with Crippen LogP contribution in [0.5, 0.6) is 5.75 Å². The highest BCUT2D eigenvalue weighted by molar-refractivity contribution is 5.95. The zero-order chi connectivity index (χ0) is 23.5. The molecule has 8 nitrogen and oxygen atoms in total. The van der Waals surface area contributed by atoms with Gasteiger partial charge in [0.15, 0.2) is 11.6 Å². The van der Waals surface area contributed by atoms with Crippen molar-refractivity contribution < 1.29 is 14.1 Å². The van der Waals surface area contributed by atoms with Crippen LogP contribution in [-0.2, 0) is 17.8 Å². The van der Waals surface area contributed by atoms with Crippen molar-refractivity contribution in [1.82, 2.24) is 15.1 Å². The van der Waals surface area contributed by atoms with Crippen molar-refractivity contribution in [2.24, 2.45) is 0 Å². The van der Waals surface area contributed by atoms with Gasteiger partial charge in [-0.3, -0.25) is 4.79 Å². The number of nitrogens with one attached hydrogen (secondary N) is 1. The van der Waals surface area contributed by atoms with E-state index < -0.39 is 0 Å². The van der Waals surface area contributed by atoms with Crippen LogP contribution in [0.1, 0.15) is 35.4 Å². The summed E-state index contributed by atoms with van der Waals surface area (Å²) in [6.45, 7) is 6.00. The second-order valence-electron chi connectivity index (χ2n) is 8.54. The molecule has 2 aromatic heterocycles. The molecule has 0 saturated carbocycles. The summed E-state index contributed by atoms with van der Waals surface area (Å²) < 4.78 is 11.0. The molecule has 0 atom stereocenters. The third-order valence-electron chi connectivity index (χ3n) is 6.07. The lowest BCUT2D eigenvalue weighted by Crippen LogP contribution is -2.24. The van der Waals surface area contributed by atoms with Crippen molar-refractivity contribution in [3.8, 4) is 5.75 Å². The molecule has 3 heterocycles. The van der Waals surface area contributed by atoms with E-state index in [0.29, 0.717) is 12.4 Å². The average Bonchev–Trinajstić information content (AvgIpc) is 3.48. The molecule has 8 heteroatoms. The van der Waals surface area contributed by atoms with Crippen LogP contribution in [0, 0.1) is 13.8 Å². The van der Waals surface area contributed by atoms with Gasteiger partial charge in [-0.05, 0) is 56.5 Å². The zero-order valence-corrected chi connectivity index (χ0v) is 19.4. The fourth-order valence-corrected chi connectivity index (χ4v) is 4.15. The molecule has 0 bridgehead atoms. The van der Waals surface area contributed by atoms with Gasteiger partial charge in [0, 0.05) is 13.1 Å². The van der Waals surface area contributed by atoms with Crippen molar-refractivity contribution in [2.75, 3.05) is 23.3 Å². The topological polar surface area (TPSA) is 93.4 Å². The molecule has 1 amide bonds. The molecule has 34 heavy (non-hydrogen) atoms. The van der Waals surface area contributed by atoms with E-state index in [0.717, 1.165) is 71.1 Å². The molecule has 0 spiro atoms. The number of nitrogens with zero attached hydrogens (tertiary/aromatic N) is 4. The first kappa shape index (κ1) is 21.9. The minimum absolute atomic E-state index is 0.130. The molecule has 1 N–H and O–H groups in total. The van der Waals surface area contributed by atoms with Gasteiger partial charge < -0.3 is 19.5 Å². The Morgan fingerprint density at radius 3 is 2.41 bits per heavy atom. The average molecular weight is 458 g/mol. The summed E-state index contributed by atoms with van der Waals surface area (Å²) in [5.41, 5.74) is 4.26. The van der Waals surface area contributed by atoms with Crippen LogP contribution < -0.4 is 15.0 Å². The SMILES string of the molecule is Cc1noc(C)c1COc1ccc(CC(=O)Nc2nc3ccccc3nc2N2CCCC2)cc1. The van der Waals surface area contributed by atoms with Gasteiger partial charge in [0.1, 0.15) is 18.1 Å². The van der Waals surface area contributed by atoms with Crippen LogP contribution in [0.2, 0.25) is 0 Å². The Balaban J connectivity index is 1.26.